The number of aryl methyl sites for hydroxylation is 5. The molecule has 0 atom stereocenters. The minimum absolute atomic E-state index is 0.608. The van der Waals surface area contributed by atoms with Crippen molar-refractivity contribution in [3.8, 4) is 33.4 Å². The lowest BCUT2D eigenvalue weighted by Crippen LogP contribution is -2.19. The lowest BCUT2D eigenvalue weighted by Gasteiger charge is -2.25. The van der Waals surface area contributed by atoms with E-state index >= 15 is 0 Å². The smallest absolute Gasteiger partial charge is 0.151 e. The molecule has 0 aliphatic rings. The Hall–Kier alpha value is -10.7. The molecular formula is C63H51ClN18. The maximum absolute atomic E-state index is 6.23. The van der Waals surface area contributed by atoms with Crippen LogP contribution in [0.15, 0.2) is 202 Å². The number of benzene rings is 6. The molecule has 0 saturated carbocycles. The molecule has 0 unspecified atom stereocenters. The van der Waals surface area contributed by atoms with Gasteiger partial charge in [-0.2, -0.15) is 0 Å². The van der Waals surface area contributed by atoms with Gasteiger partial charge in [0.25, 0.3) is 0 Å². The molecule has 9 heterocycles. The molecule has 15 aromatic rings. The monoisotopic (exact) mass is 1090 g/mol. The third kappa shape index (κ3) is 9.94. The van der Waals surface area contributed by atoms with Crippen LogP contribution < -0.4 is 10.2 Å². The SMILES string of the molecule is Cn1ccc2ccc(-c3cc(Cl)cc4nccnc34)cc21.Cn1nncc1N(Cc1cccnc1)c1cc(-c2ccc3ccn(C)c3c2)c2nccnc2c1.Cn1nncc1Nc1cc(-c2ccc3ccn(C)c3c2)c2nccnc2c1. The van der Waals surface area contributed by atoms with E-state index in [0.717, 1.165) is 95.1 Å². The lowest BCUT2D eigenvalue weighted by atomic mass is 10.0. The third-order valence-electron chi connectivity index (χ3n) is 14.6. The molecule has 0 fully saturated rings. The molecule has 9 aromatic heterocycles. The predicted octanol–water partition coefficient (Wildman–Crippen LogP) is 12.8. The minimum Gasteiger partial charge on any atom is -0.351 e. The fourth-order valence-corrected chi connectivity index (χ4v) is 10.6. The summed E-state index contributed by atoms with van der Waals surface area (Å²) < 4.78 is 9.82. The number of rotatable bonds is 9. The van der Waals surface area contributed by atoms with Crippen LogP contribution in [-0.2, 0) is 41.8 Å². The summed E-state index contributed by atoms with van der Waals surface area (Å²) >= 11 is 6.23. The predicted molar refractivity (Wildman–Crippen MR) is 325 cm³/mol. The first kappa shape index (κ1) is 50.8. The van der Waals surface area contributed by atoms with Gasteiger partial charge in [-0.05, 0) is 117 Å². The van der Waals surface area contributed by atoms with Crippen LogP contribution in [0.25, 0.3) is 99.2 Å². The van der Waals surface area contributed by atoms with Gasteiger partial charge in [0, 0.05) is 153 Å². The highest BCUT2D eigenvalue weighted by Crippen LogP contribution is 2.38. The number of hydrogen-bond donors (Lipinski definition) is 1. The lowest BCUT2D eigenvalue weighted by molar-refractivity contribution is 0.703. The highest BCUT2D eigenvalue weighted by Gasteiger charge is 2.20. The zero-order valence-corrected chi connectivity index (χ0v) is 46.0. The quantitative estimate of drug-likeness (QED) is 0.144. The summed E-state index contributed by atoms with van der Waals surface area (Å²) in [7, 11) is 9.90. The van der Waals surface area contributed by atoms with Gasteiger partial charge in [-0.15, -0.1) is 10.2 Å². The number of fused-ring (bicyclic) bond motifs is 6. The number of anilines is 4. The molecule has 6 aromatic carbocycles. The van der Waals surface area contributed by atoms with Crippen molar-refractivity contribution in [3.63, 3.8) is 0 Å². The Balaban J connectivity index is 0.000000119. The average molecular weight is 1100 g/mol. The molecule has 400 valence electrons. The Morgan fingerprint density at radius 3 is 1.48 bits per heavy atom. The van der Waals surface area contributed by atoms with E-state index in [4.69, 9.17) is 11.6 Å². The Morgan fingerprint density at radius 1 is 0.463 bits per heavy atom. The molecular weight excluding hydrogens is 1040 g/mol. The maximum Gasteiger partial charge on any atom is 0.151 e. The average Bonchev–Trinajstić information content (AvgIpc) is 4.50. The van der Waals surface area contributed by atoms with Crippen LogP contribution in [0, 0.1) is 0 Å². The number of nitrogens with zero attached hydrogens (tertiary/aromatic N) is 17. The van der Waals surface area contributed by atoms with Crippen molar-refractivity contribution in [1.82, 2.24) is 78.6 Å². The molecule has 19 heteroatoms. The Bertz CT molecular complexity index is 4820. The van der Waals surface area contributed by atoms with Crippen LogP contribution in [0.3, 0.4) is 0 Å². The number of pyridine rings is 1. The molecule has 0 aliphatic carbocycles. The molecule has 0 radical (unpaired) electrons. The van der Waals surface area contributed by atoms with Crippen molar-refractivity contribution in [2.45, 2.75) is 6.54 Å². The van der Waals surface area contributed by atoms with E-state index in [0.29, 0.717) is 11.6 Å². The first-order chi connectivity index (χ1) is 40.1. The molecule has 0 bridgehead atoms. The number of aromatic nitrogens is 16. The molecule has 15 rings (SSSR count). The fourth-order valence-electron chi connectivity index (χ4n) is 10.4. The van der Waals surface area contributed by atoms with Gasteiger partial charge in [0.05, 0.1) is 52.0 Å². The molecule has 0 aliphatic heterocycles. The van der Waals surface area contributed by atoms with E-state index in [1.807, 2.05) is 51.6 Å². The van der Waals surface area contributed by atoms with Crippen LogP contribution in [-0.4, -0.2) is 78.6 Å². The number of hydrogen-bond acceptors (Lipinski definition) is 13. The summed E-state index contributed by atoms with van der Waals surface area (Å²) in [5.74, 6) is 1.68. The molecule has 0 amide bonds. The van der Waals surface area contributed by atoms with Crippen molar-refractivity contribution in [2.75, 3.05) is 10.2 Å². The van der Waals surface area contributed by atoms with Crippen LogP contribution in [0.1, 0.15) is 5.56 Å². The van der Waals surface area contributed by atoms with Gasteiger partial charge in [-0.3, -0.25) is 34.9 Å². The topological polar surface area (TPSA) is 182 Å². The summed E-state index contributed by atoms with van der Waals surface area (Å²) in [6, 6.07) is 41.8. The van der Waals surface area contributed by atoms with Crippen LogP contribution in [0.5, 0.6) is 0 Å². The Morgan fingerprint density at radius 2 is 0.963 bits per heavy atom. The van der Waals surface area contributed by atoms with Gasteiger partial charge in [0.2, 0.25) is 0 Å². The molecule has 82 heavy (non-hydrogen) atoms. The van der Waals surface area contributed by atoms with Crippen molar-refractivity contribution in [3.05, 3.63) is 212 Å². The van der Waals surface area contributed by atoms with Gasteiger partial charge < -0.3 is 23.9 Å². The summed E-state index contributed by atoms with van der Waals surface area (Å²) in [6.07, 6.45) is 23.6. The third-order valence-corrected chi connectivity index (χ3v) is 14.8. The van der Waals surface area contributed by atoms with Crippen molar-refractivity contribution in [1.29, 1.82) is 0 Å². The Labute approximate surface area is 474 Å². The molecule has 18 nitrogen and oxygen atoms in total. The van der Waals surface area contributed by atoms with E-state index in [1.54, 1.807) is 65.1 Å². The summed E-state index contributed by atoms with van der Waals surface area (Å²) in [5, 5.41) is 23.8. The number of halogens is 1. The van der Waals surface area contributed by atoms with Gasteiger partial charge in [0.1, 0.15) is 5.82 Å². The summed E-state index contributed by atoms with van der Waals surface area (Å²) in [6.45, 7) is 0.608. The van der Waals surface area contributed by atoms with E-state index in [-0.39, 0.29) is 0 Å². The van der Waals surface area contributed by atoms with Gasteiger partial charge in [-0.1, -0.05) is 64.5 Å². The summed E-state index contributed by atoms with van der Waals surface area (Å²) in [5.41, 5.74) is 17.9. The van der Waals surface area contributed by atoms with E-state index in [1.165, 1.54) is 32.7 Å². The van der Waals surface area contributed by atoms with Crippen molar-refractivity contribution < 1.29 is 0 Å². The molecule has 1 N–H and O–H groups in total. The van der Waals surface area contributed by atoms with E-state index in [2.05, 4.69) is 209 Å². The van der Waals surface area contributed by atoms with E-state index in [9.17, 15) is 0 Å². The second-order valence-corrected chi connectivity index (χ2v) is 20.3. The molecule has 0 saturated heterocycles. The first-order valence-electron chi connectivity index (χ1n) is 26.3. The minimum atomic E-state index is 0.608. The van der Waals surface area contributed by atoms with Gasteiger partial charge >= 0.3 is 0 Å². The van der Waals surface area contributed by atoms with Crippen molar-refractivity contribution >= 4 is 100 Å². The molecule has 0 spiro atoms. The second-order valence-electron chi connectivity index (χ2n) is 19.9. The number of nitrogens with one attached hydrogen (secondary N) is 1. The highest BCUT2D eigenvalue weighted by atomic mass is 35.5. The zero-order chi connectivity index (χ0) is 55.8. The zero-order valence-electron chi connectivity index (χ0n) is 45.2. The largest absolute Gasteiger partial charge is 0.351 e. The first-order valence-corrected chi connectivity index (χ1v) is 26.7. The van der Waals surface area contributed by atoms with Gasteiger partial charge in [-0.25, -0.2) is 9.36 Å². The standard InChI is InChI=1S/C26H22N8.C20H17N7.C17H12ClN3/c1-32-11-7-19-5-6-20(12-24(19)32)22-13-21(14-23-26(22)29-10-9-28-23)34(25-16-30-31-33(25)2)17-18-4-3-8-27-15-18;1-26-8-5-13-3-4-14(9-18(13)26)16-10-15(24-19-12-23-25-27(19)2)11-17-20(16)22-7-6-21-17;1-21-7-4-11-2-3-12(8-16(11)21)14-9-13(18)10-15-17(14)20-6-5-19-15/h3-16H,17H2,1-2H3;3-12,24H,1-2H3;2-10H,1H3. The summed E-state index contributed by atoms with van der Waals surface area (Å²) in [4.78, 5) is 33.7. The maximum atomic E-state index is 6.23. The van der Waals surface area contributed by atoms with E-state index < -0.39 is 0 Å². The second kappa shape index (κ2) is 21.5. The van der Waals surface area contributed by atoms with Gasteiger partial charge in [0.15, 0.2) is 5.82 Å². The van der Waals surface area contributed by atoms with Crippen LogP contribution in [0.2, 0.25) is 5.02 Å². The van der Waals surface area contributed by atoms with Crippen LogP contribution >= 0.6 is 11.6 Å². The fraction of sp³-hybridized carbons (Fsp3) is 0.0952. The normalized spacial score (nSPS) is 11.3. The van der Waals surface area contributed by atoms with Crippen LogP contribution in [0.4, 0.5) is 23.0 Å². The Kier molecular flexibility index (Phi) is 13.3. The van der Waals surface area contributed by atoms with Crippen molar-refractivity contribution in [2.24, 2.45) is 35.2 Å². The highest BCUT2D eigenvalue weighted by molar-refractivity contribution is 6.31.